The highest BCUT2D eigenvalue weighted by molar-refractivity contribution is 5.89. The summed E-state index contributed by atoms with van der Waals surface area (Å²) in [5, 5.41) is 0. The van der Waals surface area contributed by atoms with E-state index < -0.39 is 0 Å². The molecule has 0 saturated carbocycles. The Morgan fingerprint density at radius 3 is 2.35 bits per heavy atom. The molecule has 0 aromatic heterocycles. The molecule has 1 aromatic carbocycles. The minimum absolute atomic E-state index is 0.325. The van der Waals surface area contributed by atoms with Gasteiger partial charge in [0.25, 0.3) is 0 Å². The van der Waals surface area contributed by atoms with E-state index in [1.54, 1.807) is 12.1 Å². The van der Waals surface area contributed by atoms with Crippen molar-refractivity contribution < 1.29 is 19.0 Å². The van der Waals surface area contributed by atoms with E-state index in [2.05, 4.69) is 4.74 Å². The van der Waals surface area contributed by atoms with Crippen molar-refractivity contribution in [1.29, 1.82) is 0 Å². The van der Waals surface area contributed by atoms with Gasteiger partial charge in [-0.3, -0.25) is 0 Å². The zero-order valence-electron chi connectivity index (χ0n) is 10.3. The minimum atomic E-state index is -0.325. The molecule has 0 aliphatic heterocycles. The molecule has 0 fully saturated rings. The molecule has 0 N–H and O–H groups in total. The second-order valence-corrected chi connectivity index (χ2v) is 3.44. The molecule has 4 nitrogen and oxygen atoms in total. The largest absolute Gasteiger partial charge is 0.465 e. The zero-order chi connectivity index (χ0) is 12.5. The Morgan fingerprint density at radius 2 is 1.76 bits per heavy atom. The van der Waals surface area contributed by atoms with Crippen LogP contribution in [0.5, 0.6) is 0 Å². The molecule has 4 heteroatoms. The van der Waals surface area contributed by atoms with E-state index in [1.807, 2.05) is 19.1 Å². The fraction of sp³-hybridized carbons (Fsp3) is 0.462. The maximum Gasteiger partial charge on any atom is 0.337 e. The van der Waals surface area contributed by atoms with E-state index in [0.717, 1.165) is 5.56 Å². The average Bonchev–Trinajstić information content (AvgIpc) is 2.38. The van der Waals surface area contributed by atoms with E-state index >= 15 is 0 Å². The molecule has 0 heterocycles. The second kappa shape index (κ2) is 7.81. The lowest BCUT2D eigenvalue weighted by Gasteiger charge is -2.05. The summed E-state index contributed by atoms with van der Waals surface area (Å²) in [7, 11) is 1.37. The van der Waals surface area contributed by atoms with Gasteiger partial charge in [0, 0.05) is 6.61 Å². The van der Waals surface area contributed by atoms with Gasteiger partial charge in [0.05, 0.1) is 32.5 Å². The summed E-state index contributed by atoms with van der Waals surface area (Å²) in [6.07, 6.45) is 0. The first-order valence-electron chi connectivity index (χ1n) is 5.60. The van der Waals surface area contributed by atoms with E-state index in [9.17, 15) is 4.79 Å². The first-order valence-corrected chi connectivity index (χ1v) is 5.60. The van der Waals surface area contributed by atoms with Crippen molar-refractivity contribution in [2.45, 2.75) is 13.5 Å². The summed E-state index contributed by atoms with van der Waals surface area (Å²) in [6, 6.07) is 7.17. The SMILES string of the molecule is CCOCCOCc1ccc(C(=O)OC)cc1. The Labute approximate surface area is 101 Å². The van der Waals surface area contributed by atoms with Gasteiger partial charge in [-0.15, -0.1) is 0 Å². The smallest absolute Gasteiger partial charge is 0.337 e. The van der Waals surface area contributed by atoms with Crippen LogP contribution in [0, 0.1) is 0 Å². The number of rotatable bonds is 7. The molecule has 0 bridgehead atoms. The zero-order valence-corrected chi connectivity index (χ0v) is 10.3. The van der Waals surface area contributed by atoms with Crippen molar-refractivity contribution in [2.24, 2.45) is 0 Å². The summed E-state index contributed by atoms with van der Waals surface area (Å²) >= 11 is 0. The Hall–Kier alpha value is -1.39. The van der Waals surface area contributed by atoms with Gasteiger partial charge in [0.2, 0.25) is 0 Å². The molecule has 17 heavy (non-hydrogen) atoms. The Morgan fingerprint density at radius 1 is 1.12 bits per heavy atom. The Balaban J connectivity index is 2.33. The van der Waals surface area contributed by atoms with Gasteiger partial charge in [-0.1, -0.05) is 12.1 Å². The summed E-state index contributed by atoms with van der Waals surface area (Å²) in [5.74, 6) is -0.325. The molecular weight excluding hydrogens is 220 g/mol. The lowest BCUT2D eigenvalue weighted by atomic mass is 10.1. The standard InChI is InChI=1S/C13H18O4/c1-3-16-8-9-17-10-11-4-6-12(7-5-11)13(14)15-2/h4-7H,3,8-10H2,1-2H3. The molecule has 1 aromatic rings. The van der Waals surface area contributed by atoms with Gasteiger partial charge in [0.15, 0.2) is 0 Å². The van der Waals surface area contributed by atoms with Crippen LogP contribution < -0.4 is 0 Å². The van der Waals surface area contributed by atoms with Gasteiger partial charge in [-0.2, -0.15) is 0 Å². The predicted molar refractivity (Wildman–Crippen MR) is 63.9 cm³/mol. The lowest BCUT2D eigenvalue weighted by Crippen LogP contribution is -2.04. The van der Waals surface area contributed by atoms with Crippen molar-refractivity contribution in [1.82, 2.24) is 0 Å². The van der Waals surface area contributed by atoms with Crippen molar-refractivity contribution in [3.8, 4) is 0 Å². The molecule has 1 rings (SSSR count). The third-order valence-corrected chi connectivity index (χ3v) is 2.22. The van der Waals surface area contributed by atoms with Gasteiger partial charge in [-0.05, 0) is 24.6 Å². The molecular formula is C13H18O4. The molecule has 0 amide bonds. The summed E-state index contributed by atoms with van der Waals surface area (Å²) in [4.78, 5) is 11.2. The number of carbonyl (C=O) groups excluding carboxylic acids is 1. The van der Waals surface area contributed by atoms with Crippen molar-refractivity contribution in [3.05, 3.63) is 35.4 Å². The molecule has 0 spiro atoms. The van der Waals surface area contributed by atoms with Crippen molar-refractivity contribution in [3.63, 3.8) is 0 Å². The predicted octanol–water partition coefficient (Wildman–Crippen LogP) is 2.03. The highest BCUT2D eigenvalue weighted by Gasteiger charge is 2.03. The Kier molecular flexibility index (Phi) is 6.29. The van der Waals surface area contributed by atoms with Crippen LogP contribution in [0.2, 0.25) is 0 Å². The lowest BCUT2D eigenvalue weighted by molar-refractivity contribution is 0.0453. The molecule has 0 unspecified atom stereocenters. The van der Waals surface area contributed by atoms with E-state index in [0.29, 0.717) is 32.0 Å². The quantitative estimate of drug-likeness (QED) is 0.538. The molecule has 0 aliphatic carbocycles. The van der Waals surface area contributed by atoms with Gasteiger partial charge < -0.3 is 14.2 Å². The third-order valence-electron chi connectivity index (χ3n) is 2.22. The summed E-state index contributed by atoms with van der Waals surface area (Å²) in [5.41, 5.74) is 1.57. The van der Waals surface area contributed by atoms with Crippen LogP contribution in [0.15, 0.2) is 24.3 Å². The molecule has 0 aliphatic rings. The fourth-order valence-electron chi connectivity index (χ4n) is 1.31. The number of hydrogen-bond donors (Lipinski definition) is 0. The monoisotopic (exact) mass is 238 g/mol. The van der Waals surface area contributed by atoms with Gasteiger partial charge in [-0.25, -0.2) is 4.79 Å². The van der Waals surface area contributed by atoms with Crippen LogP contribution in [0.4, 0.5) is 0 Å². The van der Waals surface area contributed by atoms with Crippen LogP contribution in [0.3, 0.4) is 0 Å². The van der Waals surface area contributed by atoms with Crippen LogP contribution >= 0.6 is 0 Å². The first kappa shape index (κ1) is 13.7. The molecule has 0 saturated heterocycles. The third kappa shape index (κ3) is 4.97. The average molecular weight is 238 g/mol. The van der Waals surface area contributed by atoms with Gasteiger partial charge >= 0.3 is 5.97 Å². The highest BCUT2D eigenvalue weighted by atomic mass is 16.5. The van der Waals surface area contributed by atoms with Gasteiger partial charge in [0.1, 0.15) is 0 Å². The van der Waals surface area contributed by atoms with Crippen LogP contribution in [-0.2, 0) is 20.8 Å². The normalized spacial score (nSPS) is 10.2. The van der Waals surface area contributed by atoms with E-state index in [1.165, 1.54) is 7.11 Å². The number of methoxy groups -OCH3 is 1. The number of hydrogen-bond acceptors (Lipinski definition) is 4. The first-order chi connectivity index (χ1) is 8.27. The van der Waals surface area contributed by atoms with Crippen molar-refractivity contribution in [2.75, 3.05) is 26.9 Å². The number of benzene rings is 1. The van der Waals surface area contributed by atoms with Crippen LogP contribution in [0.25, 0.3) is 0 Å². The number of carbonyl (C=O) groups is 1. The molecule has 0 radical (unpaired) electrons. The highest BCUT2D eigenvalue weighted by Crippen LogP contribution is 2.06. The summed E-state index contributed by atoms with van der Waals surface area (Å²) < 4.78 is 15.2. The number of ether oxygens (including phenoxy) is 3. The van der Waals surface area contributed by atoms with Crippen molar-refractivity contribution >= 4 is 5.97 Å². The fourth-order valence-corrected chi connectivity index (χ4v) is 1.31. The second-order valence-electron chi connectivity index (χ2n) is 3.44. The van der Waals surface area contributed by atoms with Crippen LogP contribution in [0.1, 0.15) is 22.8 Å². The van der Waals surface area contributed by atoms with E-state index in [4.69, 9.17) is 9.47 Å². The minimum Gasteiger partial charge on any atom is -0.465 e. The Bertz CT molecular complexity index is 332. The maximum absolute atomic E-state index is 11.2. The topological polar surface area (TPSA) is 44.8 Å². The molecule has 0 atom stereocenters. The van der Waals surface area contributed by atoms with Crippen LogP contribution in [-0.4, -0.2) is 32.9 Å². The number of esters is 1. The van der Waals surface area contributed by atoms with E-state index in [-0.39, 0.29) is 5.97 Å². The molecule has 94 valence electrons. The summed E-state index contributed by atoms with van der Waals surface area (Å²) in [6.45, 7) is 4.36. The maximum atomic E-state index is 11.2.